The van der Waals surface area contributed by atoms with Crippen molar-refractivity contribution in [3.05, 3.63) is 24.3 Å². The number of hydrogen-bond donors (Lipinski definition) is 1. The number of piperidine rings is 1. The minimum absolute atomic E-state index is 0.0695. The van der Waals surface area contributed by atoms with Gasteiger partial charge in [-0.15, -0.1) is 0 Å². The standard InChI is InChI=1S/C17H23N3O2/c1-17(2,12-18)16(21)19-13-6-5-9-20(11-13)14-7-4-8-15(10-14)22-3/h4,7-8,10,13H,5-6,9,11H2,1-3H3,(H,19,21)/t13-/m1/s1. The van der Waals surface area contributed by atoms with Crippen molar-refractivity contribution < 1.29 is 9.53 Å². The number of carbonyl (C=O) groups excluding carboxylic acids is 1. The van der Waals surface area contributed by atoms with Gasteiger partial charge >= 0.3 is 0 Å². The van der Waals surface area contributed by atoms with Gasteiger partial charge in [-0.25, -0.2) is 0 Å². The molecule has 1 aliphatic rings. The van der Waals surface area contributed by atoms with Crippen LogP contribution in [0.3, 0.4) is 0 Å². The van der Waals surface area contributed by atoms with Gasteiger partial charge in [0.05, 0.1) is 13.2 Å². The number of ether oxygens (including phenoxy) is 1. The fourth-order valence-corrected chi connectivity index (χ4v) is 2.55. The van der Waals surface area contributed by atoms with E-state index >= 15 is 0 Å². The quantitative estimate of drug-likeness (QED) is 0.927. The third-order valence-electron chi connectivity index (χ3n) is 4.02. The predicted octanol–water partition coefficient (Wildman–Crippen LogP) is 2.33. The van der Waals surface area contributed by atoms with Crippen LogP contribution in [0.25, 0.3) is 0 Å². The Morgan fingerprint density at radius 3 is 2.95 bits per heavy atom. The molecule has 0 saturated carbocycles. The van der Waals surface area contributed by atoms with Crippen molar-refractivity contribution in [1.29, 1.82) is 5.26 Å². The summed E-state index contributed by atoms with van der Waals surface area (Å²) in [6.07, 6.45) is 1.95. The third kappa shape index (κ3) is 3.70. The highest BCUT2D eigenvalue weighted by Gasteiger charge is 2.30. The summed E-state index contributed by atoms with van der Waals surface area (Å²) in [5.74, 6) is 0.627. The van der Waals surface area contributed by atoms with Crippen molar-refractivity contribution >= 4 is 11.6 Å². The van der Waals surface area contributed by atoms with Crippen LogP contribution in [-0.2, 0) is 4.79 Å². The summed E-state index contributed by atoms with van der Waals surface area (Å²) in [7, 11) is 1.66. The summed E-state index contributed by atoms with van der Waals surface area (Å²) < 4.78 is 5.26. The molecule has 22 heavy (non-hydrogen) atoms. The fourth-order valence-electron chi connectivity index (χ4n) is 2.55. The molecule has 1 N–H and O–H groups in total. The summed E-state index contributed by atoms with van der Waals surface area (Å²) in [5, 5.41) is 12.1. The van der Waals surface area contributed by atoms with Gasteiger partial charge in [0.1, 0.15) is 11.2 Å². The van der Waals surface area contributed by atoms with Gasteiger partial charge in [0.2, 0.25) is 5.91 Å². The second kappa shape index (κ2) is 6.69. The Balaban J connectivity index is 2.03. The van der Waals surface area contributed by atoms with Gasteiger partial charge in [0.25, 0.3) is 0 Å². The van der Waals surface area contributed by atoms with Crippen molar-refractivity contribution in [2.75, 3.05) is 25.1 Å². The maximum atomic E-state index is 12.1. The van der Waals surface area contributed by atoms with Crippen LogP contribution < -0.4 is 15.0 Å². The number of nitrogens with zero attached hydrogens (tertiary/aromatic N) is 2. The van der Waals surface area contributed by atoms with E-state index in [2.05, 4.69) is 10.2 Å². The van der Waals surface area contributed by atoms with E-state index in [4.69, 9.17) is 10.00 Å². The molecule has 0 aromatic heterocycles. The smallest absolute Gasteiger partial charge is 0.240 e. The molecule has 1 fully saturated rings. The van der Waals surface area contributed by atoms with E-state index < -0.39 is 5.41 Å². The molecule has 1 amide bonds. The molecule has 0 unspecified atom stereocenters. The molecule has 1 saturated heterocycles. The van der Waals surface area contributed by atoms with Crippen LogP contribution in [-0.4, -0.2) is 32.1 Å². The van der Waals surface area contributed by atoms with E-state index in [9.17, 15) is 4.79 Å². The lowest BCUT2D eigenvalue weighted by molar-refractivity contribution is -0.127. The normalized spacial score (nSPS) is 18.5. The van der Waals surface area contributed by atoms with Gasteiger partial charge < -0.3 is 15.0 Å². The average molecular weight is 301 g/mol. The van der Waals surface area contributed by atoms with Gasteiger partial charge in [-0.3, -0.25) is 4.79 Å². The van der Waals surface area contributed by atoms with Gasteiger partial charge in [-0.2, -0.15) is 5.26 Å². The molecule has 0 aliphatic carbocycles. The van der Waals surface area contributed by atoms with Crippen LogP contribution in [0.4, 0.5) is 5.69 Å². The first-order valence-electron chi connectivity index (χ1n) is 7.57. The first kappa shape index (κ1) is 16.2. The molecule has 1 aromatic rings. The minimum atomic E-state index is -0.988. The molecule has 1 aliphatic heterocycles. The zero-order chi connectivity index (χ0) is 16.2. The van der Waals surface area contributed by atoms with Gasteiger partial charge in [-0.05, 0) is 38.8 Å². The molecule has 1 aromatic carbocycles. The molecular formula is C17H23N3O2. The molecule has 118 valence electrons. The summed E-state index contributed by atoms with van der Waals surface area (Å²) >= 11 is 0. The van der Waals surface area contributed by atoms with Crippen LogP contribution >= 0.6 is 0 Å². The molecule has 5 nitrogen and oxygen atoms in total. The third-order valence-corrected chi connectivity index (χ3v) is 4.02. The van der Waals surface area contributed by atoms with Crippen LogP contribution in [0, 0.1) is 16.7 Å². The number of methoxy groups -OCH3 is 1. The highest BCUT2D eigenvalue weighted by atomic mass is 16.5. The Morgan fingerprint density at radius 1 is 1.50 bits per heavy atom. The van der Waals surface area contributed by atoms with Gasteiger partial charge in [0, 0.05) is 30.9 Å². The molecule has 1 heterocycles. The van der Waals surface area contributed by atoms with Crippen molar-refractivity contribution in [2.24, 2.45) is 5.41 Å². The Kier molecular flexibility index (Phi) is 4.92. The number of rotatable bonds is 4. The van der Waals surface area contributed by atoms with E-state index in [1.807, 2.05) is 30.3 Å². The van der Waals surface area contributed by atoms with Gasteiger partial charge in [0.15, 0.2) is 0 Å². The fraction of sp³-hybridized carbons (Fsp3) is 0.529. The molecule has 5 heteroatoms. The van der Waals surface area contributed by atoms with Crippen molar-refractivity contribution in [3.8, 4) is 11.8 Å². The van der Waals surface area contributed by atoms with E-state index in [1.54, 1.807) is 21.0 Å². The second-order valence-corrected chi connectivity index (χ2v) is 6.20. The summed E-state index contributed by atoms with van der Waals surface area (Å²) in [4.78, 5) is 14.4. The molecule has 1 atom stereocenters. The highest BCUT2D eigenvalue weighted by molar-refractivity contribution is 5.84. The molecule has 0 radical (unpaired) electrons. The number of anilines is 1. The van der Waals surface area contributed by atoms with Crippen LogP contribution in [0.2, 0.25) is 0 Å². The lowest BCUT2D eigenvalue weighted by Gasteiger charge is -2.35. The molecule has 0 spiro atoms. The number of hydrogen-bond acceptors (Lipinski definition) is 4. The van der Waals surface area contributed by atoms with Gasteiger partial charge in [-0.1, -0.05) is 6.07 Å². The highest BCUT2D eigenvalue weighted by Crippen LogP contribution is 2.24. The number of carbonyl (C=O) groups is 1. The maximum absolute atomic E-state index is 12.1. The van der Waals surface area contributed by atoms with E-state index in [-0.39, 0.29) is 11.9 Å². The van der Waals surface area contributed by atoms with Crippen LogP contribution in [0.5, 0.6) is 5.75 Å². The zero-order valence-corrected chi connectivity index (χ0v) is 13.4. The van der Waals surface area contributed by atoms with Crippen LogP contribution in [0.1, 0.15) is 26.7 Å². The first-order chi connectivity index (χ1) is 10.5. The van der Waals surface area contributed by atoms with Crippen LogP contribution in [0.15, 0.2) is 24.3 Å². The topological polar surface area (TPSA) is 65.4 Å². The molecule has 2 rings (SSSR count). The minimum Gasteiger partial charge on any atom is -0.497 e. The first-order valence-corrected chi connectivity index (χ1v) is 7.57. The lowest BCUT2D eigenvalue weighted by Crippen LogP contribution is -2.50. The zero-order valence-electron chi connectivity index (χ0n) is 13.4. The maximum Gasteiger partial charge on any atom is 0.240 e. The summed E-state index contributed by atoms with van der Waals surface area (Å²) in [6, 6.07) is 10.1. The summed E-state index contributed by atoms with van der Waals surface area (Å²) in [5.41, 5.74) is 0.107. The van der Waals surface area contributed by atoms with Crippen molar-refractivity contribution in [1.82, 2.24) is 5.32 Å². The van der Waals surface area contributed by atoms with Crippen molar-refractivity contribution in [3.63, 3.8) is 0 Å². The summed E-state index contributed by atoms with van der Waals surface area (Å²) in [6.45, 7) is 5.00. The monoisotopic (exact) mass is 301 g/mol. The van der Waals surface area contributed by atoms with E-state index in [0.717, 1.165) is 37.4 Å². The Morgan fingerprint density at radius 2 is 2.27 bits per heavy atom. The Bertz CT molecular complexity index is 578. The number of benzene rings is 1. The lowest BCUT2D eigenvalue weighted by atomic mass is 9.93. The predicted molar refractivity (Wildman–Crippen MR) is 85.8 cm³/mol. The SMILES string of the molecule is COc1cccc(N2CCC[C@@H](NC(=O)C(C)(C)C#N)C2)c1. The van der Waals surface area contributed by atoms with E-state index in [1.165, 1.54) is 0 Å². The second-order valence-electron chi connectivity index (χ2n) is 6.20. The van der Waals surface area contributed by atoms with E-state index in [0.29, 0.717) is 0 Å². The number of nitriles is 1. The molecule has 0 bridgehead atoms. The number of amides is 1. The van der Waals surface area contributed by atoms with Crippen molar-refractivity contribution in [2.45, 2.75) is 32.7 Å². The molecular weight excluding hydrogens is 278 g/mol. The Hall–Kier alpha value is -2.22. The Labute approximate surface area is 131 Å². The largest absolute Gasteiger partial charge is 0.497 e. The number of nitrogens with one attached hydrogen (secondary N) is 1. The average Bonchev–Trinajstić information content (AvgIpc) is 2.55.